The van der Waals surface area contributed by atoms with Gasteiger partial charge in [-0.25, -0.2) is 13.1 Å². The molecule has 0 spiro atoms. The van der Waals surface area contributed by atoms with E-state index in [0.29, 0.717) is 17.1 Å². The van der Waals surface area contributed by atoms with E-state index in [1.807, 2.05) is 11.6 Å². The highest BCUT2D eigenvalue weighted by molar-refractivity contribution is 7.89. The summed E-state index contributed by atoms with van der Waals surface area (Å²) in [6.45, 7) is 2.65. The van der Waals surface area contributed by atoms with Crippen molar-refractivity contribution in [1.82, 2.24) is 14.5 Å². The van der Waals surface area contributed by atoms with Crippen LogP contribution in [0.5, 0.6) is 0 Å². The molecule has 1 aromatic carbocycles. The van der Waals surface area contributed by atoms with E-state index >= 15 is 0 Å². The third kappa shape index (κ3) is 4.32. The predicted molar refractivity (Wildman–Crippen MR) is 84.1 cm³/mol. The van der Waals surface area contributed by atoms with Crippen LogP contribution in [0.2, 0.25) is 5.02 Å². The van der Waals surface area contributed by atoms with Crippen LogP contribution in [0.4, 0.5) is 0 Å². The Morgan fingerprint density at radius 1 is 1.36 bits per heavy atom. The molecule has 6 nitrogen and oxygen atoms in total. The molecule has 0 aliphatic carbocycles. The molecule has 0 aliphatic heterocycles. The van der Waals surface area contributed by atoms with E-state index in [9.17, 15) is 13.2 Å². The van der Waals surface area contributed by atoms with Gasteiger partial charge in [0.2, 0.25) is 10.0 Å². The maximum absolute atomic E-state index is 12.1. The number of aromatic nitrogens is 2. The number of amides is 1. The van der Waals surface area contributed by atoms with Gasteiger partial charge in [0.25, 0.3) is 5.91 Å². The van der Waals surface area contributed by atoms with E-state index in [2.05, 4.69) is 5.10 Å². The van der Waals surface area contributed by atoms with Crippen LogP contribution in [-0.2, 0) is 22.3 Å². The minimum Gasteiger partial charge on any atom is -0.272 e. The van der Waals surface area contributed by atoms with E-state index in [0.717, 1.165) is 6.42 Å². The van der Waals surface area contributed by atoms with Crippen molar-refractivity contribution in [2.24, 2.45) is 0 Å². The Balaban J connectivity index is 2.07. The number of carbonyl (C=O) groups is 1. The van der Waals surface area contributed by atoms with Crippen molar-refractivity contribution in [3.05, 3.63) is 52.8 Å². The van der Waals surface area contributed by atoms with Crippen LogP contribution in [-0.4, -0.2) is 24.1 Å². The minimum atomic E-state index is -3.83. The van der Waals surface area contributed by atoms with E-state index in [-0.39, 0.29) is 11.3 Å². The number of halogens is 1. The summed E-state index contributed by atoms with van der Waals surface area (Å²) in [6.07, 6.45) is 3.73. The highest BCUT2D eigenvalue weighted by Gasteiger charge is 2.19. The molecule has 2 rings (SSSR count). The summed E-state index contributed by atoms with van der Waals surface area (Å²) < 4.78 is 27.7. The maximum atomic E-state index is 12.1. The average Bonchev–Trinajstić information content (AvgIpc) is 2.90. The minimum absolute atomic E-state index is 0.205. The third-order valence-corrected chi connectivity index (χ3v) is 4.46. The lowest BCUT2D eigenvalue weighted by Gasteiger charge is -2.07. The molecular weight excluding hydrogens is 326 g/mol. The van der Waals surface area contributed by atoms with Crippen LogP contribution in [0.25, 0.3) is 0 Å². The van der Waals surface area contributed by atoms with Crippen molar-refractivity contribution in [3.8, 4) is 0 Å². The molecule has 8 heteroatoms. The SMILES string of the molecule is CCCn1cc(C(=O)NS(=O)(=O)Cc2ccccc2Cl)cn1. The monoisotopic (exact) mass is 341 g/mol. The quantitative estimate of drug-likeness (QED) is 0.873. The first-order valence-corrected chi connectivity index (χ1v) is 8.75. The fourth-order valence-corrected chi connectivity index (χ4v) is 3.30. The lowest BCUT2D eigenvalue weighted by molar-refractivity contribution is 0.0981. The first-order valence-electron chi connectivity index (χ1n) is 6.72. The normalized spacial score (nSPS) is 11.4. The highest BCUT2D eigenvalue weighted by Crippen LogP contribution is 2.17. The zero-order valence-corrected chi connectivity index (χ0v) is 13.6. The number of hydrogen-bond acceptors (Lipinski definition) is 4. The molecular formula is C14H16ClN3O3S. The molecule has 2 aromatic rings. The lowest BCUT2D eigenvalue weighted by atomic mass is 10.2. The van der Waals surface area contributed by atoms with Gasteiger partial charge in [0.1, 0.15) is 0 Å². The molecule has 0 atom stereocenters. The van der Waals surface area contributed by atoms with Crippen LogP contribution < -0.4 is 4.72 Å². The highest BCUT2D eigenvalue weighted by atomic mass is 35.5. The maximum Gasteiger partial charge on any atom is 0.267 e. The fourth-order valence-electron chi connectivity index (χ4n) is 1.89. The molecule has 1 amide bonds. The van der Waals surface area contributed by atoms with Gasteiger partial charge >= 0.3 is 0 Å². The second-order valence-corrected chi connectivity index (χ2v) is 6.90. The molecule has 1 N–H and O–H groups in total. The molecule has 0 fully saturated rings. The number of benzene rings is 1. The van der Waals surface area contributed by atoms with Gasteiger partial charge in [-0.1, -0.05) is 36.7 Å². The Kier molecular flexibility index (Phi) is 5.20. The molecule has 0 saturated heterocycles. The molecule has 0 saturated carbocycles. The van der Waals surface area contributed by atoms with Crippen LogP contribution in [0.15, 0.2) is 36.7 Å². The predicted octanol–water partition coefficient (Wildman–Crippen LogP) is 2.21. The van der Waals surface area contributed by atoms with Crippen molar-refractivity contribution < 1.29 is 13.2 Å². The van der Waals surface area contributed by atoms with E-state index in [1.165, 1.54) is 12.4 Å². The average molecular weight is 342 g/mol. The second-order valence-electron chi connectivity index (χ2n) is 4.77. The van der Waals surface area contributed by atoms with Gasteiger partial charge in [-0.15, -0.1) is 0 Å². The fraction of sp³-hybridized carbons (Fsp3) is 0.286. The Bertz CT molecular complexity index is 771. The summed E-state index contributed by atoms with van der Waals surface area (Å²) in [7, 11) is -3.83. The molecule has 118 valence electrons. The number of aryl methyl sites for hydroxylation is 1. The van der Waals surface area contributed by atoms with Crippen LogP contribution >= 0.6 is 11.6 Å². The first kappa shape index (κ1) is 16.5. The van der Waals surface area contributed by atoms with E-state index in [1.54, 1.807) is 28.9 Å². The number of nitrogens with one attached hydrogen (secondary N) is 1. The van der Waals surface area contributed by atoms with Crippen molar-refractivity contribution >= 4 is 27.5 Å². The van der Waals surface area contributed by atoms with Crippen LogP contribution in [0.1, 0.15) is 29.3 Å². The topological polar surface area (TPSA) is 81.1 Å². The zero-order chi connectivity index (χ0) is 16.2. The van der Waals surface area contributed by atoms with Gasteiger partial charge in [-0.05, 0) is 18.1 Å². The Morgan fingerprint density at radius 3 is 2.77 bits per heavy atom. The third-order valence-electron chi connectivity index (χ3n) is 2.90. The van der Waals surface area contributed by atoms with Gasteiger partial charge in [0.05, 0.1) is 17.5 Å². The Hall–Kier alpha value is -1.86. The van der Waals surface area contributed by atoms with Crippen LogP contribution in [0.3, 0.4) is 0 Å². The number of sulfonamides is 1. The number of hydrogen-bond donors (Lipinski definition) is 1. The van der Waals surface area contributed by atoms with Crippen molar-refractivity contribution in [3.63, 3.8) is 0 Å². The van der Waals surface area contributed by atoms with Crippen molar-refractivity contribution in [1.29, 1.82) is 0 Å². The van der Waals surface area contributed by atoms with Gasteiger partial charge in [-0.2, -0.15) is 5.10 Å². The summed E-state index contributed by atoms with van der Waals surface area (Å²) in [4.78, 5) is 12.0. The molecule has 1 aromatic heterocycles. The lowest BCUT2D eigenvalue weighted by Crippen LogP contribution is -2.31. The van der Waals surface area contributed by atoms with Gasteiger partial charge in [0, 0.05) is 17.8 Å². The first-order chi connectivity index (χ1) is 10.4. The second kappa shape index (κ2) is 6.93. The summed E-state index contributed by atoms with van der Waals surface area (Å²) >= 11 is 5.93. The van der Waals surface area contributed by atoms with E-state index < -0.39 is 15.9 Å². The van der Waals surface area contributed by atoms with Gasteiger partial charge < -0.3 is 0 Å². The number of nitrogens with zero attached hydrogens (tertiary/aromatic N) is 2. The Labute approximate surface area is 134 Å². The smallest absolute Gasteiger partial charge is 0.267 e. The summed E-state index contributed by atoms with van der Waals surface area (Å²) in [6, 6.07) is 6.60. The summed E-state index contributed by atoms with van der Waals surface area (Å²) in [5.41, 5.74) is 0.641. The molecule has 1 heterocycles. The van der Waals surface area contributed by atoms with Crippen LogP contribution in [0, 0.1) is 0 Å². The largest absolute Gasteiger partial charge is 0.272 e. The molecule has 22 heavy (non-hydrogen) atoms. The molecule has 0 bridgehead atoms. The molecule has 0 radical (unpaired) electrons. The van der Waals surface area contributed by atoms with Crippen molar-refractivity contribution in [2.45, 2.75) is 25.6 Å². The van der Waals surface area contributed by atoms with Gasteiger partial charge in [0.15, 0.2) is 0 Å². The van der Waals surface area contributed by atoms with Crippen molar-refractivity contribution in [2.75, 3.05) is 0 Å². The van der Waals surface area contributed by atoms with Gasteiger partial charge in [-0.3, -0.25) is 9.48 Å². The molecule has 0 unspecified atom stereocenters. The zero-order valence-electron chi connectivity index (χ0n) is 12.0. The Morgan fingerprint density at radius 2 is 2.09 bits per heavy atom. The summed E-state index contributed by atoms with van der Waals surface area (Å²) in [5.74, 6) is -1.06. The standard InChI is InChI=1S/C14H16ClN3O3S/c1-2-7-18-9-12(8-16-18)14(19)17-22(20,21)10-11-5-3-4-6-13(11)15/h3-6,8-9H,2,7,10H2,1H3,(H,17,19). The number of rotatable bonds is 6. The number of carbonyl (C=O) groups excluding carboxylic acids is 1. The molecule has 0 aliphatic rings. The summed E-state index contributed by atoms with van der Waals surface area (Å²) in [5, 5.41) is 4.34. The van der Waals surface area contributed by atoms with E-state index in [4.69, 9.17) is 11.6 Å².